The van der Waals surface area contributed by atoms with E-state index in [0.717, 1.165) is 44.5 Å². The fraction of sp³-hybridized carbons (Fsp3) is 0.412. The van der Waals surface area contributed by atoms with Gasteiger partial charge in [0.15, 0.2) is 0 Å². The van der Waals surface area contributed by atoms with E-state index >= 15 is 0 Å². The summed E-state index contributed by atoms with van der Waals surface area (Å²) < 4.78 is 7.34. The molecule has 7 nitrogen and oxygen atoms in total. The minimum Gasteiger partial charge on any atom is -0.339 e. The van der Waals surface area contributed by atoms with Gasteiger partial charge in [-0.1, -0.05) is 28.9 Å². The third-order valence-corrected chi connectivity index (χ3v) is 4.80. The van der Waals surface area contributed by atoms with Gasteiger partial charge in [0.1, 0.15) is 12.7 Å². The predicted molar refractivity (Wildman–Crippen MR) is 93.2 cm³/mol. The zero-order chi connectivity index (χ0) is 17.1. The smallest absolute Gasteiger partial charge is 0.228 e. The van der Waals surface area contributed by atoms with Crippen LogP contribution in [-0.4, -0.2) is 49.4 Å². The quantitative estimate of drug-likeness (QED) is 0.698. The van der Waals surface area contributed by atoms with Crippen LogP contribution in [-0.2, 0) is 6.42 Å². The Kier molecular flexibility index (Phi) is 4.76. The van der Waals surface area contributed by atoms with Gasteiger partial charge < -0.3 is 9.42 Å². The molecule has 1 saturated heterocycles. The number of rotatable bonds is 5. The Morgan fingerprint density at radius 3 is 2.88 bits per heavy atom. The molecule has 0 spiro atoms. The standard InChI is InChI=1S/C17H19ClN6O/c18-14-3-1-2-13(10-14)17-21-16(25-22-17)6-9-23-7-4-15(5-8-23)24-12-19-11-20-24/h1-3,10-12,15H,4-9H2. The van der Waals surface area contributed by atoms with Gasteiger partial charge in [-0.2, -0.15) is 10.1 Å². The minimum absolute atomic E-state index is 0.455. The van der Waals surface area contributed by atoms with E-state index in [1.165, 1.54) is 0 Å². The van der Waals surface area contributed by atoms with Crippen LogP contribution in [0.4, 0.5) is 0 Å². The van der Waals surface area contributed by atoms with Crippen LogP contribution in [0, 0.1) is 0 Å². The molecule has 25 heavy (non-hydrogen) atoms. The molecule has 0 N–H and O–H groups in total. The maximum absolute atomic E-state index is 6.01. The SMILES string of the molecule is Clc1cccc(-c2noc(CCN3CCC(n4cncn4)CC3)n2)c1. The molecule has 1 aliphatic heterocycles. The topological polar surface area (TPSA) is 72.9 Å². The van der Waals surface area contributed by atoms with Gasteiger partial charge in [-0.3, -0.25) is 0 Å². The lowest BCUT2D eigenvalue weighted by Crippen LogP contribution is -2.36. The average molecular weight is 359 g/mol. The van der Waals surface area contributed by atoms with Gasteiger partial charge in [-0.25, -0.2) is 9.67 Å². The average Bonchev–Trinajstić information content (AvgIpc) is 3.32. The van der Waals surface area contributed by atoms with Crippen molar-refractivity contribution in [2.75, 3.05) is 19.6 Å². The molecule has 3 heterocycles. The number of halogens is 1. The molecule has 2 aromatic heterocycles. The van der Waals surface area contributed by atoms with Gasteiger partial charge in [0.25, 0.3) is 0 Å². The summed E-state index contributed by atoms with van der Waals surface area (Å²) >= 11 is 6.01. The Hall–Kier alpha value is -2.25. The fourth-order valence-corrected chi connectivity index (χ4v) is 3.36. The van der Waals surface area contributed by atoms with E-state index in [0.29, 0.717) is 22.8 Å². The Balaban J connectivity index is 1.29. The van der Waals surface area contributed by atoms with Crippen molar-refractivity contribution in [3.05, 3.63) is 47.8 Å². The van der Waals surface area contributed by atoms with Crippen molar-refractivity contribution in [2.24, 2.45) is 0 Å². The number of benzene rings is 1. The van der Waals surface area contributed by atoms with Crippen molar-refractivity contribution in [1.29, 1.82) is 0 Å². The number of hydrogen-bond acceptors (Lipinski definition) is 6. The first-order valence-electron chi connectivity index (χ1n) is 8.43. The lowest BCUT2D eigenvalue weighted by atomic mass is 10.1. The molecule has 0 saturated carbocycles. The van der Waals surface area contributed by atoms with Crippen molar-refractivity contribution in [2.45, 2.75) is 25.3 Å². The van der Waals surface area contributed by atoms with Crippen LogP contribution in [0.2, 0.25) is 5.02 Å². The maximum Gasteiger partial charge on any atom is 0.228 e. The van der Waals surface area contributed by atoms with Crippen molar-refractivity contribution >= 4 is 11.6 Å². The van der Waals surface area contributed by atoms with Gasteiger partial charge in [0.05, 0.1) is 6.04 Å². The summed E-state index contributed by atoms with van der Waals surface area (Å²) in [5, 5.41) is 8.96. The van der Waals surface area contributed by atoms with E-state index in [2.05, 4.69) is 25.1 Å². The van der Waals surface area contributed by atoms with E-state index in [1.807, 2.05) is 28.9 Å². The number of likely N-dealkylation sites (tertiary alicyclic amines) is 1. The first kappa shape index (κ1) is 16.2. The first-order valence-corrected chi connectivity index (χ1v) is 8.81. The molecule has 0 amide bonds. The van der Waals surface area contributed by atoms with Crippen molar-refractivity contribution in [1.82, 2.24) is 29.8 Å². The van der Waals surface area contributed by atoms with E-state index in [1.54, 1.807) is 12.7 Å². The van der Waals surface area contributed by atoms with E-state index in [4.69, 9.17) is 16.1 Å². The normalized spacial score (nSPS) is 16.4. The summed E-state index contributed by atoms with van der Waals surface area (Å²) in [5.41, 5.74) is 0.871. The second-order valence-electron chi connectivity index (χ2n) is 6.22. The Bertz CT molecular complexity index is 810. The predicted octanol–water partition coefficient (Wildman–Crippen LogP) is 2.86. The highest BCUT2D eigenvalue weighted by Crippen LogP contribution is 2.22. The molecular formula is C17H19ClN6O. The van der Waals surface area contributed by atoms with Crippen LogP contribution in [0.1, 0.15) is 24.8 Å². The van der Waals surface area contributed by atoms with Gasteiger partial charge >= 0.3 is 0 Å². The third kappa shape index (κ3) is 3.88. The van der Waals surface area contributed by atoms with E-state index < -0.39 is 0 Å². The monoisotopic (exact) mass is 358 g/mol. The lowest BCUT2D eigenvalue weighted by Gasteiger charge is -2.31. The zero-order valence-corrected chi connectivity index (χ0v) is 14.5. The second kappa shape index (κ2) is 7.33. The summed E-state index contributed by atoms with van der Waals surface area (Å²) in [6, 6.07) is 7.93. The Labute approximate surface area is 150 Å². The molecule has 0 radical (unpaired) electrons. The molecule has 0 atom stereocenters. The lowest BCUT2D eigenvalue weighted by molar-refractivity contribution is 0.177. The molecule has 1 aliphatic rings. The zero-order valence-electron chi connectivity index (χ0n) is 13.8. The van der Waals surface area contributed by atoms with Crippen molar-refractivity contribution in [3.8, 4) is 11.4 Å². The van der Waals surface area contributed by atoms with Crippen LogP contribution in [0.3, 0.4) is 0 Å². The molecule has 3 aromatic rings. The van der Waals surface area contributed by atoms with Gasteiger partial charge in [-0.05, 0) is 25.0 Å². The molecule has 8 heteroatoms. The maximum atomic E-state index is 6.01. The summed E-state index contributed by atoms with van der Waals surface area (Å²) in [6.07, 6.45) is 6.32. The molecule has 4 rings (SSSR count). The van der Waals surface area contributed by atoms with Crippen LogP contribution in [0.25, 0.3) is 11.4 Å². The molecule has 1 fully saturated rings. The number of aromatic nitrogens is 5. The van der Waals surface area contributed by atoms with Crippen molar-refractivity contribution in [3.63, 3.8) is 0 Å². The van der Waals surface area contributed by atoms with Crippen LogP contribution < -0.4 is 0 Å². The molecule has 0 bridgehead atoms. The highest BCUT2D eigenvalue weighted by Gasteiger charge is 2.21. The molecule has 1 aromatic carbocycles. The van der Waals surface area contributed by atoms with Crippen LogP contribution >= 0.6 is 11.6 Å². The molecule has 0 aliphatic carbocycles. The highest BCUT2D eigenvalue weighted by atomic mass is 35.5. The van der Waals surface area contributed by atoms with E-state index in [-0.39, 0.29) is 0 Å². The number of piperidine rings is 1. The van der Waals surface area contributed by atoms with Gasteiger partial charge in [0.2, 0.25) is 11.7 Å². The second-order valence-corrected chi connectivity index (χ2v) is 6.66. The fourth-order valence-electron chi connectivity index (χ4n) is 3.17. The summed E-state index contributed by atoms with van der Waals surface area (Å²) in [7, 11) is 0. The third-order valence-electron chi connectivity index (χ3n) is 4.56. The Morgan fingerprint density at radius 1 is 1.24 bits per heavy atom. The summed E-state index contributed by atoms with van der Waals surface area (Å²) in [6.45, 7) is 3.00. The number of nitrogens with zero attached hydrogens (tertiary/aromatic N) is 6. The first-order chi connectivity index (χ1) is 12.3. The molecule has 130 valence electrons. The van der Waals surface area contributed by atoms with Gasteiger partial charge in [-0.15, -0.1) is 0 Å². The van der Waals surface area contributed by atoms with Crippen LogP contribution in [0.5, 0.6) is 0 Å². The molecular weight excluding hydrogens is 340 g/mol. The highest BCUT2D eigenvalue weighted by molar-refractivity contribution is 6.30. The minimum atomic E-state index is 0.455. The van der Waals surface area contributed by atoms with E-state index in [9.17, 15) is 0 Å². The Morgan fingerprint density at radius 2 is 2.12 bits per heavy atom. The van der Waals surface area contributed by atoms with Gasteiger partial charge in [0, 0.05) is 36.6 Å². The van der Waals surface area contributed by atoms with Crippen molar-refractivity contribution < 1.29 is 4.52 Å². The molecule has 0 unspecified atom stereocenters. The number of hydrogen-bond donors (Lipinski definition) is 0. The summed E-state index contributed by atoms with van der Waals surface area (Å²) in [4.78, 5) is 10.9. The summed E-state index contributed by atoms with van der Waals surface area (Å²) in [5.74, 6) is 1.25. The largest absolute Gasteiger partial charge is 0.339 e. The van der Waals surface area contributed by atoms with Crippen LogP contribution in [0.15, 0.2) is 41.4 Å².